The van der Waals surface area contributed by atoms with Crippen LogP contribution in [0.15, 0.2) is 112 Å². The molecule has 11 nitrogen and oxygen atoms in total. The number of hydrogen-bond donors (Lipinski definition) is 5. The molecule has 0 radical (unpaired) electrons. The number of anilines is 2. The standard InChI is InChI=1S/C20H18N4O.C19H16N4O2.2CH4/c1-12-4-6-14(7-5-12)19-13(2)16(11-23-19)20(25)24-18-9-8-15(22-3)10-17(18)21;1-10-2-4-11(5-3-10)16-17(24)13(9-21-16)19-22-14-7-6-12(18(20)25)8-15(14)23-19;;/h4-10H,11,21H2,1-2H3,(H,24,25);2-8,24H,9H2,1H3,(H2,20,25)(H,22,23);2*1H4. The van der Waals surface area contributed by atoms with Gasteiger partial charge in [0.1, 0.15) is 17.3 Å². The molecule has 3 heterocycles. The Bertz CT molecular complexity index is 2340. The summed E-state index contributed by atoms with van der Waals surface area (Å²) in [6.45, 7) is 13.6. The van der Waals surface area contributed by atoms with E-state index in [1.807, 2.05) is 69.3 Å². The van der Waals surface area contributed by atoms with Crippen LogP contribution in [0.5, 0.6) is 0 Å². The maximum Gasteiger partial charge on any atom is 0.253 e. The van der Waals surface area contributed by atoms with Crippen LogP contribution in [0.1, 0.15) is 60.2 Å². The van der Waals surface area contributed by atoms with Crippen LogP contribution >= 0.6 is 0 Å². The van der Waals surface area contributed by atoms with E-state index in [1.54, 1.807) is 36.4 Å². The minimum absolute atomic E-state index is 0. The third kappa shape index (κ3) is 7.82. The van der Waals surface area contributed by atoms with Crippen LogP contribution in [0.4, 0.5) is 17.1 Å². The minimum atomic E-state index is -0.494. The first kappa shape index (κ1) is 38.0. The maximum absolute atomic E-state index is 12.6. The molecule has 5 aromatic rings. The Labute approximate surface area is 303 Å². The third-order valence-electron chi connectivity index (χ3n) is 8.50. The first-order chi connectivity index (χ1) is 24.0. The molecule has 2 aliphatic heterocycles. The van der Waals surface area contributed by atoms with E-state index in [4.69, 9.17) is 18.0 Å². The summed E-state index contributed by atoms with van der Waals surface area (Å²) < 4.78 is 0. The number of aryl methyl sites for hydroxylation is 2. The lowest BCUT2D eigenvalue weighted by molar-refractivity contribution is -0.112. The van der Waals surface area contributed by atoms with Crippen molar-refractivity contribution in [3.63, 3.8) is 0 Å². The number of amides is 2. The number of aromatic amines is 1. The summed E-state index contributed by atoms with van der Waals surface area (Å²) in [6.07, 6.45) is 0. The van der Waals surface area contributed by atoms with Gasteiger partial charge in [-0.05, 0) is 62.2 Å². The largest absolute Gasteiger partial charge is 0.505 e. The van der Waals surface area contributed by atoms with Crippen LogP contribution in [-0.4, -0.2) is 51.4 Å². The van der Waals surface area contributed by atoms with Gasteiger partial charge < -0.3 is 26.9 Å². The van der Waals surface area contributed by atoms with Gasteiger partial charge in [0.05, 0.1) is 47.7 Å². The molecule has 1 aromatic heterocycles. The molecule has 0 spiro atoms. The zero-order valence-corrected chi connectivity index (χ0v) is 27.7. The van der Waals surface area contributed by atoms with Gasteiger partial charge in [0, 0.05) is 22.4 Å². The van der Waals surface area contributed by atoms with Gasteiger partial charge in [0.25, 0.3) is 5.91 Å². The minimum Gasteiger partial charge on any atom is -0.505 e. The monoisotopic (exact) mass is 694 g/mol. The number of nitrogens with one attached hydrogen (secondary N) is 2. The van der Waals surface area contributed by atoms with Gasteiger partial charge in [-0.15, -0.1) is 0 Å². The molecular formula is C41H42N8O3. The molecule has 4 aromatic carbocycles. The number of carbonyl (C=O) groups is 2. The predicted octanol–water partition coefficient (Wildman–Crippen LogP) is 7.90. The third-order valence-corrected chi connectivity index (χ3v) is 8.50. The number of aliphatic imine (C=N–C) groups is 2. The molecule has 0 fully saturated rings. The smallest absolute Gasteiger partial charge is 0.253 e. The highest BCUT2D eigenvalue weighted by Crippen LogP contribution is 2.28. The van der Waals surface area contributed by atoms with Crippen LogP contribution in [0.25, 0.3) is 21.5 Å². The van der Waals surface area contributed by atoms with Crippen molar-refractivity contribution in [1.29, 1.82) is 0 Å². The van der Waals surface area contributed by atoms with Crippen molar-refractivity contribution in [2.75, 3.05) is 24.1 Å². The number of aliphatic hydroxyl groups excluding tert-OH is 1. The number of aliphatic hydroxyl groups is 1. The first-order valence-corrected chi connectivity index (χ1v) is 15.8. The Hall–Kier alpha value is -6.80. The van der Waals surface area contributed by atoms with Crippen molar-refractivity contribution >= 4 is 56.9 Å². The Kier molecular flexibility index (Phi) is 11.6. The summed E-state index contributed by atoms with van der Waals surface area (Å²) in [5, 5.41) is 13.4. The molecule has 2 amide bonds. The van der Waals surface area contributed by atoms with E-state index in [0.29, 0.717) is 69.4 Å². The highest BCUT2D eigenvalue weighted by Gasteiger charge is 2.25. The number of hydrogen-bond acceptors (Lipinski definition) is 7. The molecule has 7 rings (SSSR count). The van der Waals surface area contributed by atoms with Crippen LogP contribution in [0.3, 0.4) is 0 Å². The summed E-state index contributed by atoms with van der Waals surface area (Å²) in [4.78, 5) is 43.8. The second-order valence-corrected chi connectivity index (χ2v) is 12.0. The summed E-state index contributed by atoms with van der Waals surface area (Å²) in [5.74, 6) is -0.0467. The summed E-state index contributed by atoms with van der Waals surface area (Å²) in [5.41, 5.74) is 22.1. The number of aromatic nitrogens is 2. The summed E-state index contributed by atoms with van der Waals surface area (Å²) in [7, 11) is 0. The fourth-order valence-corrected chi connectivity index (χ4v) is 5.61. The Morgan fingerprint density at radius 2 is 1.46 bits per heavy atom. The number of H-pyrrole nitrogens is 1. The van der Waals surface area contributed by atoms with Crippen molar-refractivity contribution in [2.45, 2.75) is 35.6 Å². The lowest BCUT2D eigenvalue weighted by Gasteiger charge is -2.10. The van der Waals surface area contributed by atoms with Gasteiger partial charge in [-0.2, -0.15) is 0 Å². The van der Waals surface area contributed by atoms with Gasteiger partial charge in [-0.1, -0.05) is 80.6 Å². The van der Waals surface area contributed by atoms with Crippen molar-refractivity contribution < 1.29 is 14.7 Å². The topological polar surface area (TPSA) is 176 Å². The molecule has 0 aliphatic carbocycles. The van der Waals surface area contributed by atoms with Crippen molar-refractivity contribution in [3.8, 4) is 0 Å². The Morgan fingerprint density at radius 3 is 2.06 bits per heavy atom. The SMILES string of the molecule is C.C.Cc1ccc(C2=NCC(c3nc4ccc(C(N)=O)cc4[nH]3)=C2O)cc1.[C-]#[N+]c1ccc(NC(=O)C2=C(C)C(c3ccc(C)cc3)=NC2)c(N)c1. The number of nitrogen functional groups attached to an aromatic ring is 1. The molecular weight excluding hydrogens is 653 g/mol. The molecule has 0 saturated carbocycles. The molecule has 0 atom stereocenters. The quantitative estimate of drug-likeness (QED) is 0.0895. The maximum atomic E-state index is 12.6. The summed E-state index contributed by atoms with van der Waals surface area (Å²) in [6, 6.07) is 25.8. The van der Waals surface area contributed by atoms with Crippen LogP contribution in [0.2, 0.25) is 0 Å². The molecule has 2 aliphatic rings. The van der Waals surface area contributed by atoms with E-state index in [-0.39, 0.29) is 26.5 Å². The lowest BCUT2D eigenvalue weighted by Crippen LogP contribution is -2.17. The van der Waals surface area contributed by atoms with Gasteiger partial charge in [-0.25, -0.2) is 9.83 Å². The van der Waals surface area contributed by atoms with Crippen molar-refractivity contribution in [3.05, 3.63) is 147 Å². The van der Waals surface area contributed by atoms with E-state index in [0.717, 1.165) is 28.0 Å². The van der Waals surface area contributed by atoms with Crippen LogP contribution in [-0.2, 0) is 4.79 Å². The van der Waals surface area contributed by atoms with Gasteiger partial charge in [0.2, 0.25) is 5.91 Å². The molecule has 52 heavy (non-hydrogen) atoms. The van der Waals surface area contributed by atoms with Crippen molar-refractivity contribution in [1.82, 2.24) is 9.97 Å². The summed E-state index contributed by atoms with van der Waals surface area (Å²) >= 11 is 0. The van der Waals surface area contributed by atoms with Crippen LogP contribution < -0.4 is 16.8 Å². The highest BCUT2D eigenvalue weighted by molar-refractivity contribution is 6.21. The average molecular weight is 695 g/mol. The van der Waals surface area contributed by atoms with Gasteiger partial charge in [0.15, 0.2) is 5.69 Å². The zero-order valence-electron chi connectivity index (χ0n) is 27.7. The normalized spacial score (nSPS) is 13.3. The fourth-order valence-electron chi connectivity index (χ4n) is 5.61. The second-order valence-electron chi connectivity index (χ2n) is 12.0. The Morgan fingerprint density at radius 1 is 0.846 bits per heavy atom. The number of carbonyl (C=O) groups excluding carboxylic acids is 2. The molecule has 0 bridgehead atoms. The fraction of sp³-hybridized carbons (Fsp3) is 0.171. The van der Waals surface area contributed by atoms with E-state index in [2.05, 4.69) is 30.1 Å². The molecule has 264 valence electrons. The number of primary amides is 1. The Balaban J connectivity index is 0.000000224. The number of imidazole rings is 1. The van der Waals surface area contributed by atoms with Crippen LogP contribution in [0, 0.1) is 20.4 Å². The second kappa shape index (κ2) is 15.8. The molecule has 0 saturated heterocycles. The molecule has 0 unspecified atom stereocenters. The van der Waals surface area contributed by atoms with Gasteiger partial charge >= 0.3 is 0 Å². The van der Waals surface area contributed by atoms with E-state index in [9.17, 15) is 14.7 Å². The number of nitrogens with zero attached hydrogens (tertiary/aromatic N) is 4. The number of fused-ring (bicyclic) bond motifs is 1. The number of nitrogens with two attached hydrogens (primary N) is 2. The highest BCUT2D eigenvalue weighted by atomic mass is 16.3. The lowest BCUT2D eigenvalue weighted by atomic mass is 10.0. The zero-order chi connectivity index (χ0) is 35.5. The van der Waals surface area contributed by atoms with E-state index < -0.39 is 5.91 Å². The predicted molar refractivity (Wildman–Crippen MR) is 211 cm³/mol. The van der Waals surface area contributed by atoms with E-state index in [1.165, 1.54) is 5.56 Å². The average Bonchev–Trinajstić information content (AvgIpc) is 3.82. The first-order valence-electron chi connectivity index (χ1n) is 15.8. The molecule has 11 heteroatoms. The van der Waals surface area contributed by atoms with Gasteiger partial charge in [-0.3, -0.25) is 19.6 Å². The van der Waals surface area contributed by atoms with Crippen molar-refractivity contribution in [2.24, 2.45) is 15.7 Å². The number of benzene rings is 4. The molecule has 7 N–H and O–H groups in total. The van der Waals surface area contributed by atoms with E-state index >= 15 is 0 Å². The number of allylic oxidation sites excluding steroid dienone is 2. The number of rotatable bonds is 6.